The molecule has 1 aromatic carbocycles. The van der Waals surface area contributed by atoms with E-state index in [0.29, 0.717) is 23.4 Å². The van der Waals surface area contributed by atoms with E-state index in [1.807, 2.05) is 0 Å². The summed E-state index contributed by atoms with van der Waals surface area (Å²) < 4.78 is 77.1. The first kappa shape index (κ1) is 17.1. The van der Waals surface area contributed by atoms with E-state index < -0.39 is 34.6 Å². The van der Waals surface area contributed by atoms with Gasteiger partial charge in [0.25, 0.3) is 5.56 Å². The quantitative estimate of drug-likeness (QED) is 0.753. The van der Waals surface area contributed by atoms with E-state index in [4.69, 9.17) is 0 Å². The van der Waals surface area contributed by atoms with Gasteiger partial charge in [0.05, 0.1) is 11.1 Å². The summed E-state index contributed by atoms with van der Waals surface area (Å²) >= 11 is 0. The second kappa shape index (κ2) is 5.43. The Kier molecular flexibility index (Phi) is 4.04. The minimum absolute atomic E-state index is 0.0265. The van der Waals surface area contributed by atoms with Gasteiger partial charge in [0.1, 0.15) is 0 Å². The van der Waals surface area contributed by atoms with Gasteiger partial charge in [0, 0.05) is 11.3 Å². The average molecular weight is 335 g/mol. The number of halogens is 6. The maximum atomic E-state index is 12.8. The number of alkyl halides is 6. The molecule has 1 heterocycles. The summed E-state index contributed by atoms with van der Waals surface area (Å²) in [6.45, 7) is 3.17. The van der Waals surface area contributed by atoms with Crippen LogP contribution in [0.15, 0.2) is 29.1 Å². The Balaban J connectivity index is 2.77. The van der Waals surface area contributed by atoms with Gasteiger partial charge in [0.15, 0.2) is 0 Å². The molecule has 0 saturated carbocycles. The molecule has 0 spiro atoms. The summed E-state index contributed by atoms with van der Waals surface area (Å²) in [5, 5.41) is 0. The molecule has 0 atom stereocenters. The van der Waals surface area contributed by atoms with E-state index in [1.165, 1.54) is 6.07 Å². The van der Waals surface area contributed by atoms with Crippen molar-refractivity contribution in [2.24, 2.45) is 0 Å². The molecule has 0 fully saturated rings. The van der Waals surface area contributed by atoms with E-state index in [1.54, 1.807) is 13.8 Å². The van der Waals surface area contributed by atoms with Crippen molar-refractivity contribution in [3.05, 3.63) is 57.0 Å². The first-order chi connectivity index (χ1) is 10.4. The molecule has 0 saturated heterocycles. The predicted molar refractivity (Wildman–Crippen MR) is 72.0 cm³/mol. The van der Waals surface area contributed by atoms with Gasteiger partial charge in [-0.05, 0) is 49.2 Å². The molecule has 0 bridgehead atoms. The highest BCUT2D eigenvalue weighted by molar-refractivity contribution is 5.65. The van der Waals surface area contributed by atoms with Crippen LogP contribution in [0.4, 0.5) is 26.3 Å². The average Bonchev–Trinajstić information content (AvgIpc) is 2.40. The summed E-state index contributed by atoms with van der Waals surface area (Å²) in [6.07, 6.45) is -9.91. The van der Waals surface area contributed by atoms with Gasteiger partial charge < -0.3 is 4.98 Å². The number of aromatic amines is 1. The number of aromatic nitrogens is 1. The van der Waals surface area contributed by atoms with E-state index >= 15 is 0 Å². The zero-order chi connectivity index (χ0) is 17.6. The van der Waals surface area contributed by atoms with Crippen LogP contribution in [0.3, 0.4) is 0 Å². The topological polar surface area (TPSA) is 32.9 Å². The molecule has 0 aliphatic heterocycles. The lowest BCUT2D eigenvalue weighted by Gasteiger charge is -2.14. The lowest BCUT2D eigenvalue weighted by Crippen LogP contribution is -2.14. The third-order valence-electron chi connectivity index (χ3n) is 3.40. The lowest BCUT2D eigenvalue weighted by atomic mass is 9.98. The fraction of sp³-hybridized carbons (Fsp3) is 0.267. The first-order valence-corrected chi connectivity index (χ1v) is 6.40. The van der Waals surface area contributed by atoms with Crippen LogP contribution in [-0.2, 0) is 12.4 Å². The highest BCUT2D eigenvalue weighted by Gasteiger charge is 2.37. The van der Waals surface area contributed by atoms with Gasteiger partial charge in [-0.25, -0.2) is 0 Å². The molecule has 2 aromatic rings. The smallest absolute Gasteiger partial charge is 0.326 e. The molecule has 0 aliphatic carbocycles. The van der Waals surface area contributed by atoms with Crippen molar-refractivity contribution in [1.82, 2.24) is 4.98 Å². The van der Waals surface area contributed by atoms with Crippen LogP contribution in [-0.4, -0.2) is 4.98 Å². The van der Waals surface area contributed by atoms with Crippen molar-refractivity contribution < 1.29 is 26.3 Å². The fourth-order valence-electron chi connectivity index (χ4n) is 2.05. The molecule has 2 nitrogen and oxygen atoms in total. The molecule has 1 N–H and O–H groups in total. The third kappa shape index (κ3) is 3.57. The summed E-state index contributed by atoms with van der Waals surface area (Å²) in [4.78, 5) is 14.3. The number of hydrogen-bond donors (Lipinski definition) is 1. The van der Waals surface area contributed by atoms with E-state index in [9.17, 15) is 31.1 Å². The Morgan fingerprint density at radius 3 is 1.74 bits per heavy atom. The largest absolute Gasteiger partial charge is 0.416 e. The predicted octanol–water partition coefficient (Wildman–Crippen LogP) is 4.70. The highest BCUT2D eigenvalue weighted by Crippen LogP contribution is 2.38. The van der Waals surface area contributed by atoms with Crippen LogP contribution in [0.2, 0.25) is 0 Å². The van der Waals surface area contributed by atoms with Crippen LogP contribution in [0.1, 0.15) is 22.4 Å². The van der Waals surface area contributed by atoms with Crippen LogP contribution in [0.25, 0.3) is 11.1 Å². The van der Waals surface area contributed by atoms with Gasteiger partial charge in [0.2, 0.25) is 0 Å². The molecular weight excluding hydrogens is 324 g/mol. The van der Waals surface area contributed by atoms with Crippen molar-refractivity contribution in [2.75, 3.05) is 0 Å². The Bertz CT molecular complexity index is 769. The molecule has 0 unspecified atom stereocenters. The Morgan fingerprint density at radius 1 is 0.826 bits per heavy atom. The molecule has 23 heavy (non-hydrogen) atoms. The second-order valence-corrected chi connectivity index (χ2v) is 5.11. The van der Waals surface area contributed by atoms with Crippen LogP contribution in [0.5, 0.6) is 0 Å². The SMILES string of the molecule is Cc1cc(-c2cc(C(F)(F)F)cc(C(F)(F)F)c2)c(=O)[nH]c1C. The Labute approximate surface area is 126 Å². The number of nitrogens with one attached hydrogen (secondary N) is 1. The Hall–Kier alpha value is -2.25. The van der Waals surface area contributed by atoms with Gasteiger partial charge in [-0.15, -0.1) is 0 Å². The number of benzene rings is 1. The van der Waals surface area contributed by atoms with Crippen molar-refractivity contribution in [3.8, 4) is 11.1 Å². The first-order valence-electron chi connectivity index (χ1n) is 6.40. The van der Waals surface area contributed by atoms with Crippen LogP contribution < -0.4 is 5.56 Å². The number of aryl methyl sites for hydroxylation is 2. The molecule has 8 heteroatoms. The molecule has 0 aliphatic rings. The monoisotopic (exact) mass is 335 g/mol. The third-order valence-corrected chi connectivity index (χ3v) is 3.40. The van der Waals surface area contributed by atoms with Gasteiger partial charge in [-0.1, -0.05) is 0 Å². The molecule has 0 amide bonds. The lowest BCUT2D eigenvalue weighted by molar-refractivity contribution is -0.143. The van der Waals surface area contributed by atoms with Gasteiger partial charge in [-0.2, -0.15) is 26.3 Å². The minimum atomic E-state index is -4.96. The summed E-state index contributed by atoms with van der Waals surface area (Å²) in [5.74, 6) is 0. The highest BCUT2D eigenvalue weighted by atomic mass is 19.4. The molecule has 124 valence electrons. The van der Waals surface area contributed by atoms with Crippen molar-refractivity contribution in [1.29, 1.82) is 0 Å². The standard InChI is InChI=1S/C15H11F6NO/c1-7-3-12(13(23)22-8(7)2)9-4-10(14(16,17)18)6-11(5-9)15(19,20)21/h3-6H,1-2H3,(H,22,23). The van der Waals surface area contributed by atoms with E-state index in [-0.39, 0.29) is 11.6 Å². The minimum Gasteiger partial charge on any atom is -0.326 e. The van der Waals surface area contributed by atoms with Crippen LogP contribution >= 0.6 is 0 Å². The number of hydrogen-bond acceptors (Lipinski definition) is 1. The molecule has 1 aromatic heterocycles. The van der Waals surface area contributed by atoms with Crippen molar-refractivity contribution >= 4 is 0 Å². The maximum Gasteiger partial charge on any atom is 0.416 e. The van der Waals surface area contributed by atoms with E-state index in [2.05, 4.69) is 4.98 Å². The summed E-state index contributed by atoms with van der Waals surface area (Å²) in [6, 6.07) is 2.37. The summed E-state index contributed by atoms with van der Waals surface area (Å²) in [7, 11) is 0. The maximum absolute atomic E-state index is 12.8. The number of rotatable bonds is 1. The molecular formula is C15H11F6NO. The molecule has 0 radical (unpaired) electrons. The number of H-pyrrole nitrogens is 1. The van der Waals surface area contributed by atoms with Crippen molar-refractivity contribution in [2.45, 2.75) is 26.2 Å². The van der Waals surface area contributed by atoms with Gasteiger partial charge >= 0.3 is 12.4 Å². The fourth-order valence-corrected chi connectivity index (χ4v) is 2.05. The molecule has 2 rings (SSSR count). The normalized spacial score (nSPS) is 12.5. The zero-order valence-electron chi connectivity index (χ0n) is 12.0. The zero-order valence-corrected chi connectivity index (χ0v) is 12.0. The Morgan fingerprint density at radius 2 is 1.30 bits per heavy atom. The summed E-state index contributed by atoms with van der Waals surface area (Å²) in [5.41, 5.74) is -3.31. The van der Waals surface area contributed by atoms with Gasteiger partial charge in [-0.3, -0.25) is 4.79 Å². The number of pyridine rings is 1. The van der Waals surface area contributed by atoms with Crippen LogP contribution in [0, 0.1) is 13.8 Å². The second-order valence-electron chi connectivity index (χ2n) is 5.11. The van der Waals surface area contributed by atoms with E-state index in [0.717, 1.165) is 0 Å². The van der Waals surface area contributed by atoms with Crippen molar-refractivity contribution in [3.63, 3.8) is 0 Å².